The summed E-state index contributed by atoms with van der Waals surface area (Å²) in [6, 6.07) is 0. The Morgan fingerprint density at radius 1 is 1.40 bits per heavy atom. The first kappa shape index (κ1) is 9.78. The van der Waals surface area contributed by atoms with Crippen LogP contribution in [0.1, 0.15) is 0 Å². The van der Waals surface area contributed by atoms with Crippen LogP contribution in [0.4, 0.5) is 0 Å². The third-order valence-corrected chi connectivity index (χ3v) is 1.53. The zero-order valence-electron chi connectivity index (χ0n) is 6.45. The molecule has 0 spiro atoms. The largest absolute Gasteiger partial charge is 0.335 e. The Kier molecular flexibility index (Phi) is 5.43. The Labute approximate surface area is 67.4 Å². The number of thiol groups is 1. The SMILES string of the molecule is CN(C)CCN(C=O)CS. The summed E-state index contributed by atoms with van der Waals surface area (Å²) in [7, 11) is 3.95. The van der Waals surface area contributed by atoms with Crippen LogP contribution in [-0.2, 0) is 4.79 Å². The van der Waals surface area contributed by atoms with Crippen LogP contribution < -0.4 is 0 Å². The van der Waals surface area contributed by atoms with E-state index in [4.69, 9.17) is 0 Å². The molecule has 0 N–H and O–H groups in total. The summed E-state index contributed by atoms with van der Waals surface area (Å²) < 4.78 is 0. The average Bonchev–Trinajstić information content (AvgIpc) is 1.90. The number of rotatable bonds is 5. The molecule has 0 aliphatic heterocycles. The fourth-order valence-electron chi connectivity index (χ4n) is 0.485. The van der Waals surface area contributed by atoms with Gasteiger partial charge in [-0.05, 0) is 14.1 Å². The van der Waals surface area contributed by atoms with E-state index in [-0.39, 0.29) is 0 Å². The minimum absolute atomic E-state index is 0.497. The first-order chi connectivity index (χ1) is 4.70. The molecule has 0 atom stereocenters. The molecule has 0 rings (SSSR count). The highest BCUT2D eigenvalue weighted by molar-refractivity contribution is 7.80. The molecule has 0 radical (unpaired) electrons. The molecular weight excluding hydrogens is 148 g/mol. The van der Waals surface area contributed by atoms with Gasteiger partial charge in [0, 0.05) is 13.1 Å². The van der Waals surface area contributed by atoms with Crippen LogP contribution in [0.2, 0.25) is 0 Å². The van der Waals surface area contributed by atoms with Gasteiger partial charge < -0.3 is 9.80 Å². The van der Waals surface area contributed by atoms with E-state index in [1.807, 2.05) is 19.0 Å². The van der Waals surface area contributed by atoms with Gasteiger partial charge in [-0.25, -0.2) is 0 Å². The van der Waals surface area contributed by atoms with Crippen LogP contribution >= 0.6 is 12.6 Å². The molecule has 0 unspecified atom stereocenters. The van der Waals surface area contributed by atoms with Gasteiger partial charge in [0.05, 0.1) is 5.88 Å². The number of nitrogens with zero attached hydrogens (tertiary/aromatic N) is 2. The van der Waals surface area contributed by atoms with Crippen LogP contribution in [0.5, 0.6) is 0 Å². The number of hydrogen-bond donors (Lipinski definition) is 1. The summed E-state index contributed by atoms with van der Waals surface area (Å²) in [6.07, 6.45) is 0.816. The van der Waals surface area contributed by atoms with Crippen molar-refractivity contribution in [2.45, 2.75) is 0 Å². The monoisotopic (exact) mass is 162 g/mol. The third kappa shape index (κ3) is 4.64. The molecule has 4 heteroatoms. The van der Waals surface area contributed by atoms with Gasteiger partial charge in [-0.15, -0.1) is 0 Å². The zero-order valence-corrected chi connectivity index (χ0v) is 7.34. The second-order valence-corrected chi connectivity index (χ2v) is 2.65. The second kappa shape index (κ2) is 5.56. The van der Waals surface area contributed by atoms with E-state index in [0.717, 1.165) is 19.5 Å². The van der Waals surface area contributed by atoms with E-state index in [0.29, 0.717) is 5.88 Å². The number of hydrogen-bond acceptors (Lipinski definition) is 3. The maximum absolute atomic E-state index is 10.2. The third-order valence-electron chi connectivity index (χ3n) is 1.17. The van der Waals surface area contributed by atoms with E-state index >= 15 is 0 Å². The van der Waals surface area contributed by atoms with Gasteiger partial charge in [-0.3, -0.25) is 4.79 Å². The van der Waals surface area contributed by atoms with Crippen molar-refractivity contribution < 1.29 is 4.79 Å². The number of likely N-dealkylation sites (N-methyl/N-ethyl adjacent to an activating group) is 1. The molecule has 0 fully saturated rings. The van der Waals surface area contributed by atoms with Crippen molar-refractivity contribution in [2.75, 3.05) is 33.1 Å². The van der Waals surface area contributed by atoms with E-state index in [1.54, 1.807) is 4.90 Å². The zero-order chi connectivity index (χ0) is 7.98. The Morgan fingerprint density at radius 3 is 2.30 bits per heavy atom. The predicted octanol–water partition coefficient (Wildman–Crippen LogP) is -0.106. The van der Waals surface area contributed by atoms with Crippen molar-refractivity contribution in [1.29, 1.82) is 0 Å². The molecule has 0 heterocycles. The minimum atomic E-state index is 0.497. The first-order valence-corrected chi connectivity index (χ1v) is 3.79. The van der Waals surface area contributed by atoms with Gasteiger partial charge in [0.1, 0.15) is 0 Å². The van der Waals surface area contributed by atoms with Gasteiger partial charge in [-0.2, -0.15) is 12.6 Å². The van der Waals surface area contributed by atoms with Crippen LogP contribution in [0, 0.1) is 0 Å². The molecule has 0 aromatic heterocycles. The van der Waals surface area contributed by atoms with Crippen molar-refractivity contribution in [3.8, 4) is 0 Å². The molecule has 0 aromatic carbocycles. The van der Waals surface area contributed by atoms with Crippen molar-refractivity contribution in [3.05, 3.63) is 0 Å². The average molecular weight is 162 g/mol. The van der Waals surface area contributed by atoms with Gasteiger partial charge in [0.25, 0.3) is 0 Å². The molecule has 10 heavy (non-hydrogen) atoms. The van der Waals surface area contributed by atoms with E-state index in [1.165, 1.54) is 0 Å². The Morgan fingerprint density at radius 2 is 2.00 bits per heavy atom. The maximum atomic E-state index is 10.2. The van der Waals surface area contributed by atoms with Gasteiger partial charge in [0.15, 0.2) is 0 Å². The van der Waals surface area contributed by atoms with Crippen LogP contribution in [0.15, 0.2) is 0 Å². The molecule has 0 bridgehead atoms. The summed E-state index contributed by atoms with van der Waals surface area (Å²) in [5.41, 5.74) is 0. The molecule has 0 aliphatic carbocycles. The summed E-state index contributed by atoms with van der Waals surface area (Å²) in [5, 5.41) is 0. The maximum Gasteiger partial charge on any atom is 0.210 e. The lowest BCUT2D eigenvalue weighted by Gasteiger charge is -2.16. The topological polar surface area (TPSA) is 23.6 Å². The van der Waals surface area contributed by atoms with Crippen molar-refractivity contribution >= 4 is 19.0 Å². The van der Waals surface area contributed by atoms with E-state index in [2.05, 4.69) is 12.6 Å². The molecule has 0 aliphatic rings. The van der Waals surface area contributed by atoms with Crippen molar-refractivity contribution in [3.63, 3.8) is 0 Å². The van der Waals surface area contributed by atoms with E-state index in [9.17, 15) is 4.79 Å². The second-order valence-electron chi connectivity index (χ2n) is 2.36. The summed E-state index contributed by atoms with van der Waals surface area (Å²) in [6.45, 7) is 1.64. The number of amides is 1. The van der Waals surface area contributed by atoms with Crippen LogP contribution in [0.25, 0.3) is 0 Å². The Balaban J connectivity index is 3.34. The van der Waals surface area contributed by atoms with E-state index < -0.39 is 0 Å². The van der Waals surface area contributed by atoms with Gasteiger partial charge in [-0.1, -0.05) is 0 Å². The summed E-state index contributed by atoms with van der Waals surface area (Å²) in [4.78, 5) is 13.8. The van der Waals surface area contributed by atoms with Gasteiger partial charge >= 0.3 is 0 Å². The summed E-state index contributed by atoms with van der Waals surface area (Å²) >= 11 is 3.97. The Hall–Kier alpha value is -0.220. The predicted molar refractivity (Wildman–Crippen MR) is 45.2 cm³/mol. The van der Waals surface area contributed by atoms with Crippen LogP contribution in [-0.4, -0.2) is 49.3 Å². The van der Waals surface area contributed by atoms with Gasteiger partial charge in [0.2, 0.25) is 6.41 Å². The molecule has 0 saturated heterocycles. The quantitative estimate of drug-likeness (QED) is 0.346. The lowest BCUT2D eigenvalue weighted by Crippen LogP contribution is -2.29. The Bertz CT molecular complexity index is 97.7. The highest BCUT2D eigenvalue weighted by Crippen LogP contribution is 1.85. The molecule has 0 aromatic rings. The highest BCUT2D eigenvalue weighted by Gasteiger charge is 1.97. The fraction of sp³-hybridized carbons (Fsp3) is 0.833. The molecule has 60 valence electrons. The lowest BCUT2D eigenvalue weighted by molar-refractivity contribution is -0.117. The first-order valence-electron chi connectivity index (χ1n) is 3.15. The highest BCUT2D eigenvalue weighted by atomic mass is 32.1. The standard InChI is InChI=1S/C6H14N2OS/c1-7(2)3-4-8(5-9)6-10/h5,10H,3-4,6H2,1-2H3. The number of carbonyl (C=O) groups is 1. The normalized spacial score (nSPS) is 10.0. The van der Waals surface area contributed by atoms with Crippen molar-refractivity contribution in [2.24, 2.45) is 0 Å². The fourth-order valence-corrected chi connectivity index (χ4v) is 0.693. The van der Waals surface area contributed by atoms with Crippen LogP contribution in [0.3, 0.4) is 0 Å². The molecule has 0 saturated carbocycles. The molecular formula is C6H14N2OS. The lowest BCUT2D eigenvalue weighted by atomic mass is 10.5. The molecule has 1 amide bonds. The van der Waals surface area contributed by atoms with Crippen molar-refractivity contribution in [1.82, 2.24) is 9.80 Å². The summed E-state index contributed by atoms with van der Waals surface area (Å²) in [5.74, 6) is 0.497. The smallest absolute Gasteiger partial charge is 0.210 e. The number of carbonyl (C=O) groups excluding carboxylic acids is 1. The minimum Gasteiger partial charge on any atom is -0.335 e. The molecule has 3 nitrogen and oxygen atoms in total.